The molecule has 0 aromatic carbocycles. The number of rotatable bonds is 45. The Morgan fingerprint density at radius 2 is 0.689 bits per heavy atom. The predicted octanol–water partition coefficient (Wildman–Crippen LogP) is 16.6. The van der Waals surface area contributed by atoms with Crippen LogP contribution in [0.25, 0.3) is 0 Å². The van der Waals surface area contributed by atoms with Gasteiger partial charge in [-0.25, -0.2) is 0 Å². The van der Waals surface area contributed by atoms with Gasteiger partial charge in [-0.05, 0) is 70.6 Å². The zero-order chi connectivity index (χ0) is 44.4. The third kappa shape index (κ3) is 47.7. The molecule has 1 unspecified atom stereocenters. The molecule has 0 radical (unpaired) electrons. The van der Waals surface area contributed by atoms with E-state index >= 15 is 0 Å². The Morgan fingerprint density at radius 1 is 0.361 bits per heavy atom. The molecule has 0 fully saturated rings. The van der Waals surface area contributed by atoms with Crippen LogP contribution < -0.4 is 0 Å². The van der Waals surface area contributed by atoms with E-state index in [0.717, 1.165) is 70.6 Å². The molecule has 0 saturated heterocycles. The van der Waals surface area contributed by atoms with Crippen molar-refractivity contribution >= 4 is 17.9 Å². The molecule has 0 aliphatic carbocycles. The normalized spacial score (nSPS) is 12.6. The van der Waals surface area contributed by atoms with Gasteiger partial charge in [0.1, 0.15) is 13.2 Å². The second-order valence-electron chi connectivity index (χ2n) is 16.7. The van der Waals surface area contributed by atoms with Crippen molar-refractivity contribution in [2.45, 2.75) is 245 Å². The van der Waals surface area contributed by atoms with Gasteiger partial charge in [-0.1, -0.05) is 222 Å². The van der Waals surface area contributed by atoms with Crippen molar-refractivity contribution in [2.75, 3.05) is 13.2 Å². The van der Waals surface area contributed by atoms with Crippen LogP contribution in [0.4, 0.5) is 0 Å². The summed E-state index contributed by atoms with van der Waals surface area (Å²) in [5, 5.41) is 0. The van der Waals surface area contributed by atoms with E-state index in [1.165, 1.54) is 128 Å². The van der Waals surface area contributed by atoms with Crippen molar-refractivity contribution in [3.8, 4) is 0 Å². The highest BCUT2D eigenvalue weighted by Gasteiger charge is 2.19. The average Bonchev–Trinajstić information content (AvgIpc) is 3.26. The number of esters is 3. The molecular formula is C55H94O6. The van der Waals surface area contributed by atoms with Gasteiger partial charge in [-0.2, -0.15) is 0 Å². The van der Waals surface area contributed by atoms with E-state index in [1.807, 2.05) is 6.08 Å². The fourth-order valence-corrected chi connectivity index (χ4v) is 6.92. The molecule has 0 amide bonds. The largest absolute Gasteiger partial charge is 0.462 e. The van der Waals surface area contributed by atoms with E-state index in [0.29, 0.717) is 12.8 Å². The maximum absolute atomic E-state index is 12.7. The van der Waals surface area contributed by atoms with Crippen LogP contribution in [0.1, 0.15) is 239 Å². The maximum Gasteiger partial charge on any atom is 0.310 e. The summed E-state index contributed by atoms with van der Waals surface area (Å²) in [7, 11) is 0. The summed E-state index contributed by atoms with van der Waals surface area (Å²) in [5.41, 5.74) is 0. The Bertz CT molecular complexity index is 1160. The number of carbonyl (C=O) groups excluding carboxylic acids is 3. The smallest absolute Gasteiger partial charge is 0.310 e. The van der Waals surface area contributed by atoms with Gasteiger partial charge in [0.05, 0.1) is 6.42 Å². The molecule has 6 nitrogen and oxygen atoms in total. The fraction of sp³-hybridized carbons (Fsp3) is 0.727. The molecular weight excluding hydrogens is 757 g/mol. The molecule has 0 aromatic heterocycles. The van der Waals surface area contributed by atoms with Crippen molar-refractivity contribution < 1.29 is 28.6 Å². The van der Waals surface area contributed by atoms with E-state index in [2.05, 4.69) is 81.5 Å². The lowest BCUT2D eigenvalue weighted by Crippen LogP contribution is -2.30. The fourth-order valence-electron chi connectivity index (χ4n) is 6.92. The number of carbonyl (C=O) groups is 3. The van der Waals surface area contributed by atoms with Crippen LogP contribution in [-0.2, 0) is 28.6 Å². The standard InChI is InChI=1S/C55H94O6/c1-4-7-10-13-16-19-22-24-26-27-29-30-33-36-39-42-45-48-54(57)60-51-52(50-59-53(56)47-44-41-38-35-32-21-18-15-12-9-6-3)61-55(58)49-46-43-40-37-34-31-28-25-23-20-17-14-11-8-5-2/h8,11,17,20,24-26,28,34,37,43,46,52H,4-7,9-10,12-16,18-19,21-23,27,29-33,35-36,38-42,44-45,47-51H2,1-3H3/b11-8-,20-17-,26-24-,28-25-,37-34-,46-43-. The molecule has 0 aromatic rings. The molecule has 350 valence electrons. The lowest BCUT2D eigenvalue weighted by Gasteiger charge is -2.18. The summed E-state index contributed by atoms with van der Waals surface area (Å²) >= 11 is 0. The minimum absolute atomic E-state index is 0.0978. The Balaban J connectivity index is 4.48. The quantitative estimate of drug-likeness (QED) is 0.0263. The van der Waals surface area contributed by atoms with Crippen molar-refractivity contribution in [3.05, 3.63) is 72.9 Å². The first-order chi connectivity index (χ1) is 30.0. The molecule has 61 heavy (non-hydrogen) atoms. The molecule has 0 rings (SSSR count). The van der Waals surface area contributed by atoms with E-state index in [9.17, 15) is 14.4 Å². The summed E-state index contributed by atoms with van der Waals surface area (Å²) in [6, 6.07) is 0. The lowest BCUT2D eigenvalue weighted by atomic mass is 10.1. The zero-order valence-electron chi connectivity index (χ0n) is 39.9. The van der Waals surface area contributed by atoms with Crippen LogP contribution in [0.3, 0.4) is 0 Å². The number of unbranched alkanes of at least 4 members (excludes halogenated alkanes) is 23. The number of hydrogen-bond acceptors (Lipinski definition) is 6. The molecule has 1 atom stereocenters. The summed E-state index contributed by atoms with van der Waals surface area (Å²) in [4.78, 5) is 37.8. The molecule has 6 heteroatoms. The first kappa shape index (κ1) is 57.9. The van der Waals surface area contributed by atoms with Gasteiger partial charge < -0.3 is 14.2 Å². The third-order valence-corrected chi connectivity index (χ3v) is 10.7. The molecule has 0 spiro atoms. The van der Waals surface area contributed by atoms with E-state index in [1.54, 1.807) is 6.08 Å². The number of hydrogen-bond donors (Lipinski definition) is 0. The summed E-state index contributed by atoms with van der Waals surface area (Å²) in [5.74, 6) is -1.05. The minimum atomic E-state index is -0.828. The third-order valence-electron chi connectivity index (χ3n) is 10.7. The Kier molecular flexibility index (Phi) is 46.9. The predicted molar refractivity (Wildman–Crippen MR) is 261 cm³/mol. The van der Waals surface area contributed by atoms with Gasteiger partial charge in [0.25, 0.3) is 0 Å². The van der Waals surface area contributed by atoms with Gasteiger partial charge >= 0.3 is 17.9 Å². The molecule has 0 aliphatic rings. The molecule has 0 aliphatic heterocycles. The van der Waals surface area contributed by atoms with Gasteiger partial charge in [-0.3, -0.25) is 14.4 Å². The van der Waals surface area contributed by atoms with Gasteiger partial charge in [0.2, 0.25) is 0 Å². The lowest BCUT2D eigenvalue weighted by molar-refractivity contribution is -0.166. The van der Waals surface area contributed by atoms with E-state index in [-0.39, 0.29) is 31.6 Å². The summed E-state index contributed by atoms with van der Waals surface area (Å²) < 4.78 is 16.7. The second-order valence-corrected chi connectivity index (χ2v) is 16.7. The van der Waals surface area contributed by atoms with Crippen LogP contribution in [0.15, 0.2) is 72.9 Å². The second kappa shape index (κ2) is 49.5. The Morgan fingerprint density at radius 3 is 1.07 bits per heavy atom. The number of ether oxygens (including phenoxy) is 3. The van der Waals surface area contributed by atoms with Crippen molar-refractivity contribution in [1.29, 1.82) is 0 Å². The van der Waals surface area contributed by atoms with Crippen LogP contribution in [0.5, 0.6) is 0 Å². The molecule has 0 heterocycles. The van der Waals surface area contributed by atoms with E-state index in [4.69, 9.17) is 14.2 Å². The average molecular weight is 851 g/mol. The highest BCUT2D eigenvalue weighted by atomic mass is 16.6. The zero-order valence-corrected chi connectivity index (χ0v) is 39.9. The van der Waals surface area contributed by atoms with Crippen LogP contribution >= 0.6 is 0 Å². The highest BCUT2D eigenvalue weighted by molar-refractivity contribution is 5.72. The van der Waals surface area contributed by atoms with Crippen molar-refractivity contribution in [2.24, 2.45) is 0 Å². The minimum Gasteiger partial charge on any atom is -0.462 e. The first-order valence-electron chi connectivity index (χ1n) is 25.4. The van der Waals surface area contributed by atoms with Crippen molar-refractivity contribution in [3.63, 3.8) is 0 Å². The Hall–Kier alpha value is -3.15. The Labute approximate surface area is 376 Å². The molecule has 0 bridgehead atoms. The summed E-state index contributed by atoms with van der Waals surface area (Å²) in [6.45, 7) is 6.42. The highest BCUT2D eigenvalue weighted by Crippen LogP contribution is 2.14. The maximum atomic E-state index is 12.7. The van der Waals surface area contributed by atoms with Crippen molar-refractivity contribution in [1.82, 2.24) is 0 Å². The first-order valence-corrected chi connectivity index (χ1v) is 25.4. The topological polar surface area (TPSA) is 78.9 Å². The van der Waals surface area contributed by atoms with Gasteiger partial charge in [0.15, 0.2) is 6.10 Å². The molecule has 0 saturated carbocycles. The van der Waals surface area contributed by atoms with Crippen LogP contribution in [0, 0.1) is 0 Å². The van der Waals surface area contributed by atoms with Gasteiger partial charge in [-0.15, -0.1) is 0 Å². The monoisotopic (exact) mass is 851 g/mol. The summed E-state index contributed by atoms with van der Waals surface area (Å²) in [6.07, 6.45) is 62.0. The SMILES string of the molecule is CC/C=C\C/C=C\C/C=C\C/C=C\C/C=C\CC(=O)OC(COC(=O)CCCCCCCCC/C=C\CCCCCCCC)COC(=O)CCCCCCCCCCCCC. The van der Waals surface area contributed by atoms with Crippen LogP contribution in [-0.4, -0.2) is 37.2 Å². The molecule has 0 N–H and O–H groups in total. The van der Waals surface area contributed by atoms with Gasteiger partial charge in [0, 0.05) is 12.8 Å². The van der Waals surface area contributed by atoms with E-state index < -0.39 is 12.1 Å². The van der Waals surface area contributed by atoms with Crippen LogP contribution in [0.2, 0.25) is 0 Å². The number of allylic oxidation sites excluding steroid dienone is 11.